The zero-order valence-electron chi connectivity index (χ0n) is 9.00. The van der Waals surface area contributed by atoms with E-state index >= 15 is 0 Å². The third kappa shape index (κ3) is 3.43. The summed E-state index contributed by atoms with van der Waals surface area (Å²) in [5.74, 6) is -0.569. The predicted octanol–water partition coefficient (Wildman–Crippen LogP) is 2.30. The molecule has 4 nitrogen and oxygen atoms in total. The molecule has 0 fully saturated rings. The second-order valence-corrected chi connectivity index (χ2v) is 4.64. The maximum absolute atomic E-state index is 11.7. The molecule has 0 aromatic heterocycles. The van der Waals surface area contributed by atoms with Crippen molar-refractivity contribution in [2.45, 2.75) is 12.5 Å². The fraction of sp³-hybridized carbons (Fsp3) is 0.273. The SMILES string of the molecule is CC(O)(CBr)C(=O)Nc1ccc(C#N)cc1Cl. The van der Waals surface area contributed by atoms with Crippen LogP contribution in [0.1, 0.15) is 12.5 Å². The van der Waals surface area contributed by atoms with Crippen LogP contribution < -0.4 is 5.32 Å². The Bertz CT molecular complexity index is 483. The Morgan fingerprint density at radius 1 is 1.71 bits per heavy atom. The summed E-state index contributed by atoms with van der Waals surface area (Å²) in [6.45, 7) is 1.38. The Balaban J connectivity index is 2.91. The molecule has 2 N–H and O–H groups in total. The summed E-state index contributed by atoms with van der Waals surface area (Å²) < 4.78 is 0. The van der Waals surface area contributed by atoms with Gasteiger partial charge in [-0.2, -0.15) is 5.26 Å². The molecule has 0 aliphatic carbocycles. The quantitative estimate of drug-likeness (QED) is 0.840. The van der Waals surface area contributed by atoms with Crippen LogP contribution in [0, 0.1) is 11.3 Å². The summed E-state index contributed by atoms with van der Waals surface area (Å²) in [4.78, 5) is 11.7. The monoisotopic (exact) mass is 316 g/mol. The highest BCUT2D eigenvalue weighted by molar-refractivity contribution is 9.09. The highest BCUT2D eigenvalue weighted by atomic mass is 79.9. The van der Waals surface area contributed by atoms with E-state index < -0.39 is 11.5 Å². The van der Waals surface area contributed by atoms with Gasteiger partial charge in [-0.25, -0.2) is 0 Å². The van der Waals surface area contributed by atoms with E-state index in [9.17, 15) is 9.90 Å². The van der Waals surface area contributed by atoms with Crippen molar-refractivity contribution in [3.8, 4) is 6.07 Å². The van der Waals surface area contributed by atoms with Gasteiger partial charge >= 0.3 is 0 Å². The number of rotatable bonds is 3. The molecule has 1 atom stereocenters. The second-order valence-electron chi connectivity index (χ2n) is 3.67. The van der Waals surface area contributed by atoms with Gasteiger partial charge in [-0.05, 0) is 25.1 Å². The van der Waals surface area contributed by atoms with Gasteiger partial charge in [-0.1, -0.05) is 27.5 Å². The van der Waals surface area contributed by atoms with E-state index in [1.165, 1.54) is 25.1 Å². The van der Waals surface area contributed by atoms with E-state index in [1.54, 1.807) is 0 Å². The number of benzene rings is 1. The summed E-state index contributed by atoms with van der Waals surface area (Å²) in [5, 5.41) is 21.2. The number of nitriles is 1. The highest BCUT2D eigenvalue weighted by Crippen LogP contribution is 2.24. The molecule has 90 valence electrons. The van der Waals surface area contributed by atoms with Gasteiger partial charge in [0.05, 0.1) is 22.3 Å². The number of halogens is 2. The molecule has 0 heterocycles. The number of hydrogen-bond donors (Lipinski definition) is 2. The van der Waals surface area contributed by atoms with E-state index in [0.717, 1.165) is 0 Å². The number of nitrogens with one attached hydrogen (secondary N) is 1. The fourth-order valence-electron chi connectivity index (χ4n) is 1.00. The lowest BCUT2D eigenvalue weighted by Gasteiger charge is -2.19. The van der Waals surface area contributed by atoms with Gasteiger partial charge in [0.1, 0.15) is 5.60 Å². The summed E-state index contributed by atoms with van der Waals surface area (Å²) >= 11 is 8.93. The van der Waals surface area contributed by atoms with Gasteiger partial charge < -0.3 is 10.4 Å². The predicted molar refractivity (Wildman–Crippen MR) is 69.2 cm³/mol. The average Bonchev–Trinajstić information content (AvgIpc) is 2.31. The van der Waals surface area contributed by atoms with Crippen LogP contribution in [0.25, 0.3) is 0 Å². The van der Waals surface area contributed by atoms with Gasteiger partial charge in [0, 0.05) is 5.33 Å². The molecule has 0 aliphatic rings. The first-order valence-corrected chi connectivity index (χ1v) is 6.20. The molecule has 1 aromatic carbocycles. The number of carbonyl (C=O) groups is 1. The number of carbonyl (C=O) groups excluding carboxylic acids is 1. The van der Waals surface area contributed by atoms with E-state index in [1.807, 2.05) is 6.07 Å². The normalized spacial score (nSPS) is 13.6. The topological polar surface area (TPSA) is 73.1 Å². The summed E-state index contributed by atoms with van der Waals surface area (Å²) in [7, 11) is 0. The van der Waals surface area contributed by atoms with Crippen LogP contribution in [-0.4, -0.2) is 21.9 Å². The number of aliphatic hydroxyl groups is 1. The summed E-state index contributed by atoms with van der Waals surface area (Å²) in [5.41, 5.74) is -0.755. The van der Waals surface area contributed by atoms with Crippen molar-refractivity contribution in [3.63, 3.8) is 0 Å². The van der Waals surface area contributed by atoms with Gasteiger partial charge in [0.2, 0.25) is 0 Å². The Hall–Kier alpha value is -1.09. The Kier molecular flexibility index (Phi) is 4.52. The molecule has 1 amide bonds. The van der Waals surface area contributed by atoms with E-state index in [2.05, 4.69) is 21.2 Å². The van der Waals surface area contributed by atoms with E-state index in [4.69, 9.17) is 16.9 Å². The fourth-order valence-corrected chi connectivity index (χ4v) is 1.49. The van der Waals surface area contributed by atoms with E-state index in [0.29, 0.717) is 11.3 Å². The van der Waals surface area contributed by atoms with Crippen LogP contribution in [0.15, 0.2) is 18.2 Å². The van der Waals surface area contributed by atoms with Crippen molar-refractivity contribution < 1.29 is 9.90 Å². The van der Waals surface area contributed by atoms with Gasteiger partial charge in [-0.3, -0.25) is 4.79 Å². The lowest BCUT2D eigenvalue weighted by Crippen LogP contribution is -2.41. The minimum absolute atomic E-state index is 0.111. The van der Waals surface area contributed by atoms with Crippen molar-refractivity contribution in [3.05, 3.63) is 28.8 Å². The highest BCUT2D eigenvalue weighted by Gasteiger charge is 2.29. The van der Waals surface area contributed by atoms with Crippen molar-refractivity contribution in [1.29, 1.82) is 5.26 Å². The van der Waals surface area contributed by atoms with Gasteiger partial charge in [-0.15, -0.1) is 0 Å². The van der Waals surface area contributed by atoms with Crippen LogP contribution >= 0.6 is 27.5 Å². The number of hydrogen-bond acceptors (Lipinski definition) is 3. The standard InChI is InChI=1S/C11H10BrClN2O2/c1-11(17,6-12)10(16)15-9-3-2-7(5-14)4-8(9)13/h2-4,17H,6H2,1H3,(H,15,16). The largest absolute Gasteiger partial charge is 0.379 e. The number of nitrogens with zero attached hydrogens (tertiary/aromatic N) is 1. The molecule has 0 radical (unpaired) electrons. The Labute approximate surface area is 112 Å². The molecule has 6 heteroatoms. The Morgan fingerprint density at radius 2 is 2.35 bits per heavy atom. The zero-order valence-corrected chi connectivity index (χ0v) is 11.3. The summed E-state index contributed by atoms with van der Waals surface area (Å²) in [6.07, 6.45) is 0. The minimum atomic E-state index is -1.52. The lowest BCUT2D eigenvalue weighted by molar-refractivity contribution is -0.130. The van der Waals surface area contributed by atoms with Crippen molar-refractivity contribution in [2.75, 3.05) is 10.6 Å². The molecular formula is C11H10BrClN2O2. The molecule has 17 heavy (non-hydrogen) atoms. The molecule has 0 aliphatic heterocycles. The zero-order chi connectivity index (χ0) is 13.1. The maximum atomic E-state index is 11.7. The smallest absolute Gasteiger partial charge is 0.256 e. The van der Waals surface area contributed by atoms with Gasteiger partial charge in [0.15, 0.2) is 0 Å². The molecule has 1 unspecified atom stereocenters. The third-order valence-corrected chi connectivity index (χ3v) is 3.50. The molecule has 0 saturated heterocycles. The minimum Gasteiger partial charge on any atom is -0.379 e. The van der Waals surface area contributed by atoms with Crippen LogP contribution in [0.5, 0.6) is 0 Å². The first kappa shape index (κ1) is 14.0. The number of alkyl halides is 1. The van der Waals surface area contributed by atoms with Gasteiger partial charge in [0.25, 0.3) is 5.91 Å². The van der Waals surface area contributed by atoms with E-state index in [-0.39, 0.29) is 10.4 Å². The van der Waals surface area contributed by atoms with Crippen molar-refractivity contribution in [1.82, 2.24) is 0 Å². The van der Waals surface area contributed by atoms with Crippen molar-refractivity contribution >= 4 is 39.1 Å². The molecule has 1 aromatic rings. The summed E-state index contributed by atoms with van der Waals surface area (Å²) in [6, 6.07) is 6.43. The van der Waals surface area contributed by atoms with Crippen LogP contribution in [-0.2, 0) is 4.79 Å². The lowest BCUT2D eigenvalue weighted by atomic mass is 10.1. The number of amides is 1. The molecule has 1 rings (SSSR count). The Morgan fingerprint density at radius 3 is 2.82 bits per heavy atom. The molecule has 0 spiro atoms. The third-order valence-electron chi connectivity index (χ3n) is 2.10. The second kappa shape index (κ2) is 5.50. The first-order valence-electron chi connectivity index (χ1n) is 4.70. The number of anilines is 1. The first-order chi connectivity index (χ1) is 7.90. The van der Waals surface area contributed by atoms with Crippen LogP contribution in [0.3, 0.4) is 0 Å². The van der Waals surface area contributed by atoms with Crippen molar-refractivity contribution in [2.24, 2.45) is 0 Å². The van der Waals surface area contributed by atoms with Crippen LogP contribution in [0.2, 0.25) is 5.02 Å². The molecule has 0 saturated carbocycles. The molecule has 0 bridgehead atoms. The average molecular weight is 318 g/mol. The maximum Gasteiger partial charge on any atom is 0.256 e. The molecular weight excluding hydrogens is 307 g/mol. The van der Waals surface area contributed by atoms with Crippen LogP contribution in [0.4, 0.5) is 5.69 Å².